The summed E-state index contributed by atoms with van der Waals surface area (Å²) in [5, 5.41) is 0.769. The number of aromatic nitrogens is 1. The molecule has 0 bridgehead atoms. The van der Waals surface area contributed by atoms with E-state index in [2.05, 4.69) is 56.6 Å². The van der Waals surface area contributed by atoms with Gasteiger partial charge in [0.2, 0.25) is 0 Å². The lowest BCUT2D eigenvalue weighted by Gasteiger charge is -2.25. The van der Waals surface area contributed by atoms with Crippen molar-refractivity contribution in [2.24, 2.45) is 0 Å². The van der Waals surface area contributed by atoms with Crippen LogP contribution in [0.5, 0.6) is 0 Å². The van der Waals surface area contributed by atoms with Crippen molar-refractivity contribution in [2.75, 3.05) is 49.1 Å². The van der Waals surface area contributed by atoms with Crippen molar-refractivity contribution in [3.8, 4) is 0 Å². The van der Waals surface area contributed by atoms with E-state index in [-0.39, 0.29) is 5.91 Å². The van der Waals surface area contributed by atoms with Gasteiger partial charge in [-0.05, 0) is 75.8 Å². The highest BCUT2D eigenvalue weighted by Crippen LogP contribution is 2.30. The molecule has 0 aliphatic rings. The summed E-state index contributed by atoms with van der Waals surface area (Å²) in [5.74, 6) is 0.00836. The van der Waals surface area contributed by atoms with Crippen molar-refractivity contribution in [3.05, 3.63) is 53.6 Å². The minimum atomic E-state index is 0.00836. The third kappa shape index (κ3) is 5.43. The Balaban J connectivity index is 1.91. The fourth-order valence-corrected chi connectivity index (χ4v) is 4.85. The van der Waals surface area contributed by atoms with Gasteiger partial charge in [-0.15, -0.1) is 0 Å². The van der Waals surface area contributed by atoms with Crippen LogP contribution in [-0.2, 0) is 0 Å². The van der Waals surface area contributed by atoms with Gasteiger partial charge in [0.1, 0.15) is 0 Å². The van der Waals surface area contributed by atoms with Gasteiger partial charge in [-0.3, -0.25) is 9.69 Å². The van der Waals surface area contributed by atoms with Crippen molar-refractivity contribution in [1.29, 1.82) is 0 Å². The molecule has 2 aromatic carbocycles. The number of likely N-dealkylation sites (N-methyl/N-ethyl adjacent to an activating group) is 1. The third-order valence-corrected chi connectivity index (χ3v) is 6.83. The zero-order valence-corrected chi connectivity index (χ0v) is 20.2. The van der Waals surface area contributed by atoms with E-state index in [1.54, 1.807) is 11.3 Å². The van der Waals surface area contributed by atoms with Gasteiger partial charge in [0.25, 0.3) is 5.91 Å². The summed E-state index contributed by atoms with van der Waals surface area (Å²) >= 11 is 1.59. The van der Waals surface area contributed by atoms with E-state index < -0.39 is 0 Å². The predicted molar refractivity (Wildman–Crippen MR) is 134 cm³/mol. The van der Waals surface area contributed by atoms with Crippen LogP contribution in [-0.4, -0.2) is 55.1 Å². The SMILES string of the molecule is CCN(CC)CCN(C(=O)c1ccc(N(CC)CC)cc1)c1nc2ccc(C)cc2s1. The first-order valence-electron chi connectivity index (χ1n) is 11.3. The number of anilines is 2. The first-order chi connectivity index (χ1) is 15.0. The van der Waals surface area contributed by atoms with E-state index >= 15 is 0 Å². The molecule has 0 unspecified atom stereocenters. The van der Waals surface area contributed by atoms with Crippen molar-refractivity contribution in [1.82, 2.24) is 9.88 Å². The van der Waals surface area contributed by atoms with Gasteiger partial charge in [-0.2, -0.15) is 0 Å². The van der Waals surface area contributed by atoms with E-state index in [4.69, 9.17) is 4.98 Å². The molecule has 0 saturated carbocycles. The molecule has 0 aliphatic carbocycles. The Morgan fingerprint density at radius 2 is 1.58 bits per heavy atom. The molecule has 0 N–H and O–H groups in total. The summed E-state index contributed by atoms with van der Waals surface area (Å²) in [6.45, 7) is 16.0. The van der Waals surface area contributed by atoms with Crippen LogP contribution >= 0.6 is 11.3 Å². The second-order valence-corrected chi connectivity index (χ2v) is 8.68. The summed E-state index contributed by atoms with van der Waals surface area (Å²) in [5.41, 5.74) is 4.00. The van der Waals surface area contributed by atoms with Gasteiger partial charge in [0.15, 0.2) is 5.13 Å². The van der Waals surface area contributed by atoms with Crippen LogP contribution in [0.15, 0.2) is 42.5 Å². The van der Waals surface area contributed by atoms with Gasteiger partial charge in [-0.25, -0.2) is 4.98 Å². The van der Waals surface area contributed by atoms with E-state index in [1.807, 2.05) is 35.2 Å². The highest BCUT2D eigenvalue weighted by atomic mass is 32.1. The predicted octanol–water partition coefficient (Wildman–Crippen LogP) is 5.44. The lowest BCUT2D eigenvalue weighted by atomic mass is 10.1. The number of benzene rings is 2. The summed E-state index contributed by atoms with van der Waals surface area (Å²) in [7, 11) is 0. The molecule has 1 heterocycles. The number of nitrogens with zero attached hydrogens (tertiary/aromatic N) is 4. The third-order valence-electron chi connectivity index (χ3n) is 5.79. The summed E-state index contributed by atoms with van der Waals surface area (Å²) in [6, 6.07) is 14.2. The molecule has 3 rings (SSSR count). The normalized spacial score (nSPS) is 11.3. The van der Waals surface area contributed by atoms with Gasteiger partial charge >= 0.3 is 0 Å². The van der Waals surface area contributed by atoms with Gasteiger partial charge in [0.05, 0.1) is 10.2 Å². The largest absolute Gasteiger partial charge is 0.372 e. The Hall–Kier alpha value is -2.44. The molecule has 0 fully saturated rings. The highest BCUT2D eigenvalue weighted by molar-refractivity contribution is 7.22. The quantitative estimate of drug-likeness (QED) is 0.423. The molecule has 3 aromatic rings. The molecule has 0 saturated heterocycles. The molecular weight excluding hydrogens is 404 g/mol. The first kappa shape index (κ1) is 23.2. The minimum absolute atomic E-state index is 0.00836. The van der Waals surface area contributed by atoms with Crippen LogP contribution in [0.2, 0.25) is 0 Å². The number of hydrogen-bond acceptors (Lipinski definition) is 5. The number of rotatable bonds is 10. The molecule has 1 amide bonds. The maximum absolute atomic E-state index is 13.6. The van der Waals surface area contributed by atoms with E-state index in [0.29, 0.717) is 12.1 Å². The Morgan fingerprint density at radius 3 is 2.19 bits per heavy atom. The molecule has 166 valence electrons. The molecule has 5 nitrogen and oxygen atoms in total. The number of fused-ring (bicyclic) bond motifs is 1. The van der Waals surface area contributed by atoms with Crippen LogP contribution in [0.1, 0.15) is 43.6 Å². The fraction of sp³-hybridized carbons (Fsp3) is 0.440. The first-order valence-corrected chi connectivity index (χ1v) is 12.1. The Morgan fingerprint density at radius 1 is 0.903 bits per heavy atom. The van der Waals surface area contributed by atoms with Crippen LogP contribution in [0.25, 0.3) is 10.2 Å². The maximum Gasteiger partial charge on any atom is 0.260 e. The van der Waals surface area contributed by atoms with Crippen molar-refractivity contribution < 1.29 is 4.79 Å². The standard InChI is InChI=1S/C25H34N4OS/c1-6-27(7-2)16-17-29(25-26-22-15-10-19(5)18-23(22)31-25)24(30)20-11-13-21(14-12-20)28(8-3)9-4/h10-15,18H,6-9,16-17H2,1-5H3. The van der Waals surface area contributed by atoms with Gasteiger partial charge in [-0.1, -0.05) is 31.3 Å². The lowest BCUT2D eigenvalue weighted by molar-refractivity contribution is 0.0984. The van der Waals surface area contributed by atoms with Crippen molar-refractivity contribution in [2.45, 2.75) is 34.6 Å². The smallest absolute Gasteiger partial charge is 0.260 e. The summed E-state index contributed by atoms with van der Waals surface area (Å²) < 4.78 is 1.12. The Kier molecular flexibility index (Phi) is 8.04. The van der Waals surface area contributed by atoms with Gasteiger partial charge in [0, 0.05) is 37.4 Å². The number of thiazole rings is 1. The van der Waals surface area contributed by atoms with E-state index in [9.17, 15) is 4.79 Å². The summed E-state index contributed by atoms with van der Waals surface area (Å²) in [4.78, 5) is 24.8. The molecule has 31 heavy (non-hydrogen) atoms. The molecule has 0 aliphatic heterocycles. The van der Waals surface area contributed by atoms with Crippen LogP contribution in [0.3, 0.4) is 0 Å². The number of amides is 1. The number of aryl methyl sites for hydroxylation is 1. The van der Waals surface area contributed by atoms with Crippen LogP contribution in [0, 0.1) is 6.92 Å². The topological polar surface area (TPSA) is 39.7 Å². The molecule has 0 spiro atoms. The molecular formula is C25H34N4OS. The fourth-order valence-electron chi connectivity index (χ4n) is 3.76. The monoisotopic (exact) mass is 438 g/mol. The number of carbonyl (C=O) groups is 1. The van der Waals surface area contributed by atoms with Crippen molar-refractivity contribution in [3.63, 3.8) is 0 Å². The molecule has 6 heteroatoms. The number of hydrogen-bond donors (Lipinski definition) is 0. The summed E-state index contributed by atoms with van der Waals surface area (Å²) in [6.07, 6.45) is 0. The Bertz CT molecular complexity index is 990. The Labute approximate surface area is 190 Å². The highest BCUT2D eigenvalue weighted by Gasteiger charge is 2.22. The second kappa shape index (κ2) is 10.7. The molecule has 0 radical (unpaired) electrons. The molecule has 1 aromatic heterocycles. The number of carbonyl (C=O) groups excluding carboxylic acids is 1. The minimum Gasteiger partial charge on any atom is -0.372 e. The maximum atomic E-state index is 13.6. The van der Waals surface area contributed by atoms with E-state index in [0.717, 1.165) is 53.8 Å². The van der Waals surface area contributed by atoms with Crippen LogP contribution in [0.4, 0.5) is 10.8 Å². The zero-order valence-electron chi connectivity index (χ0n) is 19.4. The lowest BCUT2D eigenvalue weighted by Crippen LogP contribution is -2.38. The average molecular weight is 439 g/mol. The van der Waals surface area contributed by atoms with Gasteiger partial charge < -0.3 is 9.80 Å². The van der Waals surface area contributed by atoms with Crippen LogP contribution < -0.4 is 9.80 Å². The van der Waals surface area contributed by atoms with Crippen molar-refractivity contribution >= 4 is 38.3 Å². The van der Waals surface area contributed by atoms with E-state index in [1.165, 1.54) is 5.56 Å². The zero-order chi connectivity index (χ0) is 22.4. The second-order valence-electron chi connectivity index (χ2n) is 7.67. The average Bonchev–Trinajstić information content (AvgIpc) is 3.20. The molecule has 0 atom stereocenters.